The number of anilines is 3. The molecule has 3 aromatic carbocycles. The van der Waals surface area contributed by atoms with Crippen LogP contribution in [0.3, 0.4) is 0 Å². The predicted octanol–water partition coefficient (Wildman–Crippen LogP) is 6.59. The molecule has 230 valence electrons. The van der Waals surface area contributed by atoms with Crippen molar-refractivity contribution in [2.75, 3.05) is 24.3 Å². The first-order chi connectivity index (χ1) is 20.9. The van der Waals surface area contributed by atoms with Gasteiger partial charge in [-0.2, -0.15) is 0 Å². The second kappa shape index (κ2) is 13.6. The van der Waals surface area contributed by atoms with Crippen LogP contribution in [-0.4, -0.2) is 35.0 Å². The largest absolute Gasteiger partial charge is 0.496 e. The lowest BCUT2D eigenvalue weighted by Crippen LogP contribution is -2.25. The van der Waals surface area contributed by atoms with E-state index in [-0.39, 0.29) is 28.6 Å². The quantitative estimate of drug-likeness (QED) is 0.178. The fourth-order valence-electron chi connectivity index (χ4n) is 4.75. The molecular formula is C35H41N5O4. The molecule has 4 aromatic rings. The summed E-state index contributed by atoms with van der Waals surface area (Å²) in [5, 5.41) is 9.01. The maximum atomic E-state index is 13.1. The van der Waals surface area contributed by atoms with E-state index in [2.05, 4.69) is 48.6 Å². The van der Waals surface area contributed by atoms with Gasteiger partial charge in [0.15, 0.2) is 5.82 Å². The van der Waals surface area contributed by atoms with Crippen LogP contribution in [0.4, 0.5) is 17.2 Å². The summed E-state index contributed by atoms with van der Waals surface area (Å²) in [5.74, 6) is 0.0597. The molecule has 0 bridgehead atoms. The highest BCUT2D eigenvalue weighted by molar-refractivity contribution is 6.05. The topological polar surface area (TPSA) is 114 Å². The second-order valence-corrected chi connectivity index (χ2v) is 11.8. The Morgan fingerprint density at radius 3 is 2.39 bits per heavy atom. The molecule has 0 saturated heterocycles. The molecule has 0 fully saturated rings. The zero-order valence-corrected chi connectivity index (χ0v) is 26.5. The molecule has 0 aliphatic rings. The number of aromatic nitrogens is 2. The van der Waals surface area contributed by atoms with E-state index in [1.165, 1.54) is 11.7 Å². The summed E-state index contributed by atoms with van der Waals surface area (Å²) in [4.78, 5) is 43.4. The number of amides is 2. The van der Waals surface area contributed by atoms with Crippen LogP contribution in [0.2, 0.25) is 0 Å². The van der Waals surface area contributed by atoms with Gasteiger partial charge in [0.25, 0.3) is 17.4 Å². The van der Waals surface area contributed by atoms with Gasteiger partial charge in [-0.3, -0.25) is 14.4 Å². The molecule has 44 heavy (non-hydrogen) atoms. The van der Waals surface area contributed by atoms with Gasteiger partial charge in [0.05, 0.1) is 18.4 Å². The van der Waals surface area contributed by atoms with Crippen LogP contribution >= 0.6 is 0 Å². The van der Waals surface area contributed by atoms with Crippen LogP contribution in [0, 0.1) is 6.92 Å². The summed E-state index contributed by atoms with van der Waals surface area (Å²) in [6.07, 6.45) is 3.53. The Bertz CT molecular complexity index is 1720. The zero-order chi connectivity index (χ0) is 32.0. The minimum Gasteiger partial charge on any atom is -0.496 e. The maximum Gasteiger partial charge on any atom is 0.293 e. The minimum atomic E-state index is -0.324. The first-order valence-corrected chi connectivity index (χ1v) is 14.8. The van der Waals surface area contributed by atoms with Crippen molar-refractivity contribution in [3.63, 3.8) is 0 Å². The number of benzene rings is 3. The number of carbonyl (C=O) groups excluding carboxylic acids is 2. The number of hydrogen-bond acceptors (Lipinski definition) is 6. The molecule has 2 amide bonds. The van der Waals surface area contributed by atoms with Crippen LogP contribution in [0.25, 0.3) is 11.3 Å². The van der Waals surface area contributed by atoms with Crippen molar-refractivity contribution in [2.45, 2.75) is 52.9 Å². The van der Waals surface area contributed by atoms with Gasteiger partial charge >= 0.3 is 0 Å². The molecular weight excluding hydrogens is 554 g/mol. The fourth-order valence-corrected chi connectivity index (χ4v) is 4.75. The maximum absolute atomic E-state index is 13.1. The summed E-state index contributed by atoms with van der Waals surface area (Å²) in [7, 11) is 3.15. The van der Waals surface area contributed by atoms with E-state index in [4.69, 9.17) is 4.74 Å². The Labute approximate surface area is 258 Å². The van der Waals surface area contributed by atoms with Gasteiger partial charge in [0.2, 0.25) is 0 Å². The third kappa shape index (κ3) is 7.34. The smallest absolute Gasteiger partial charge is 0.293 e. The van der Waals surface area contributed by atoms with Crippen molar-refractivity contribution >= 4 is 29.0 Å². The Hall–Kier alpha value is -4.92. The van der Waals surface area contributed by atoms with Crippen molar-refractivity contribution in [1.82, 2.24) is 14.9 Å². The Kier molecular flexibility index (Phi) is 9.88. The molecule has 0 aliphatic carbocycles. The van der Waals surface area contributed by atoms with Gasteiger partial charge in [-0.25, -0.2) is 4.98 Å². The van der Waals surface area contributed by atoms with Gasteiger partial charge in [-0.15, -0.1) is 0 Å². The monoisotopic (exact) mass is 595 g/mol. The number of unbranched alkanes of at least 4 members (excludes halogenated alkanes) is 1. The highest BCUT2D eigenvalue weighted by Crippen LogP contribution is 2.30. The molecule has 9 nitrogen and oxygen atoms in total. The molecule has 0 aliphatic heterocycles. The molecule has 0 atom stereocenters. The van der Waals surface area contributed by atoms with Crippen molar-refractivity contribution in [2.24, 2.45) is 7.05 Å². The van der Waals surface area contributed by atoms with Gasteiger partial charge in [0, 0.05) is 48.4 Å². The average molecular weight is 596 g/mol. The third-order valence-electron chi connectivity index (χ3n) is 7.47. The molecule has 1 heterocycles. The lowest BCUT2D eigenvalue weighted by molar-refractivity contribution is 0.0949. The number of methoxy groups -OCH3 is 1. The molecule has 4 rings (SSSR count). The van der Waals surface area contributed by atoms with Crippen LogP contribution in [0.15, 0.2) is 71.7 Å². The number of ether oxygens (including phenoxy) is 1. The number of nitrogens with zero attached hydrogens (tertiary/aromatic N) is 2. The van der Waals surface area contributed by atoms with E-state index < -0.39 is 0 Å². The van der Waals surface area contributed by atoms with Crippen LogP contribution in [-0.2, 0) is 12.5 Å². The number of carbonyl (C=O) groups is 2. The minimum absolute atomic E-state index is 0.00362. The zero-order valence-electron chi connectivity index (χ0n) is 26.5. The van der Waals surface area contributed by atoms with E-state index in [1.807, 2.05) is 49.4 Å². The van der Waals surface area contributed by atoms with Crippen molar-refractivity contribution in [1.29, 1.82) is 0 Å². The van der Waals surface area contributed by atoms with E-state index in [9.17, 15) is 14.4 Å². The number of nitrogens with one attached hydrogen (secondary N) is 3. The lowest BCUT2D eigenvalue weighted by Gasteiger charge is -2.19. The highest BCUT2D eigenvalue weighted by Gasteiger charge is 2.18. The Balaban J connectivity index is 1.59. The summed E-state index contributed by atoms with van der Waals surface area (Å²) in [6.45, 7) is 10.9. The fraction of sp³-hybridized carbons (Fsp3) is 0.314. The molecule has 0 saturated carbocycles. The van der Waals surface area contributed by atoms with E-state index in [1.54, 1.807) is 31.4 Å². The normalized spacial score (nSPS) is 11.2. The Morgan fingerprint density at radius 1 is 1.00 bits per heavy atom. The van der Waals surface area contributed by atoms with E-state index in [0.717, 1.165) is 29.5 Å². The average Bonchev–Trinajstić information content (AvgIpc) is 3.00. The number of aryl methyl sites for hydroxylation is 1. The Morgan fingerprint density at radius 2 is 1.73 bits per heavy atom. The first-order valence-electron chi connectivity index (χ1n) is 14.8. The number of hydrogen-bond donors (Lipinski definition) is 3. The first kappa shape index (κ1) is 32.0. The van der Waals surface area contributed by atoms with Crippen LogP contribution < -0.4 is 26.2 Å². The summed E-state index contributed by atoms with van der Waals surface area (Å²) in [5.41, 5.74) is 5.12. The number of rotatable bonds is 10. The van der Waals surface area contributed by atoms with Gasteiger partial charge in [-0.1, -0.05) is 58.4 Å². The van der Waals surface area contributed by atoms with Crippen LogP contribution in [0.1, 0.15) is 72.4 Å². The van der Waals surface area contributed by atoms with Gasteiger partial charge in [-0.05, 0) is 60.2 Å². The third-order valence-corrected chi connectivity index (χ3v) is 7.47. The SMILES string of the molecule is CCCCNC(=O)c1ccc(Nc2nc(-c3cccc(NC(=O)c4ccc(C(C)(C)C)cc4)c3C)cn(C)c2=O)cc1OC. The summed E-state index contributed by atoms with van der Waals surface area (Å²) >= 11 is 0. The van der Waals surface area contributed by atoms with E-state index >= 15 is 0 Å². The van der Waals surface area contributed by atoms with E-state index in [0.29, 0.717) is 40.5 Å². The second-order valence-electron chi connectivity index (χ2n) is 11.8. The van der Waals surface area contributed by atoms with Gasteiger partial charge in [0.1, 0.15) is 5.75 Å². The summed E-state index contributed by atoms with van der Waals surface area (Å²) in [6, 6.07) is 18.2. The molecule has 0 spiro atoms. The van der Waals surface area contributed by atoms with Crippen molar-refractivity contribution in [3.8, 4) is 17.0 Å². The highest BCUT2D eigenvalue weighted by atomic mass is 16.5. The van der Waals surface area contributed by atoms with Crippen molar-refractivity contribution < 1.29 is 14.3 Å². The molecule has 3 N–H and O–H groups in total. The molecule has 0 unspecified atom stereocenters. The standard InChI is InChI=1S/C35H41N5O4/c1-8-9-19-36-33(42)27-18-17-25(20-30(27)44-7)37-31-34(43)40(6)21-29(38-31)26-11-10-12-28(22(26)2)39-32(41)23-13-15-24(16-14-23)35(3,4)5/h10-18,20-21H,8-9,19H2,1-7H3,(H,36,42)(H,37,38)(H,39,41). The lowest BCUT2D eigenvalue weighted by atomic mass is 9.86. The molecule has 0 radical (unpaired) electrons. The van der Waals surface area contributed by atoms with Gasteiger partial charge < -0.3 is 25.3 Å². The van der Waals surface area contributed by atoms with Crippen molar-refractivity contribution in [3.05, 3.63) is 99.5 Å². The molecule has 1 aromatic heterocycles. The van der Waals surface area contributed by atoms with Crippen LogP contribution in [0.5, 0.6) is 5.75 Å². The predicted molar refractivity (Wildman–Crippen MR) is 176 cm³/mol. The summed E-state index contributed by atoms with van der Waals surface area (Å²) < 4.78 is 6.93. The molecule has 9 heteroatoms.